The number of benzene rings is 2. The van der Waals surface area contributed by atoms with Crippen LogP contribution in [-0.4, -0.2) is 24.8 Å². The first-order valence-corrected chi connectivity index (χ1v) is 8.87. The number of halogens is 1. The summed E-state index contributed by atoms with van der Waals surface area (Å²) in [5.41, 5.74) is 5.73. The molecule has 0 fully saturated rings. The molecule has 0 aliphatic carbocycles. The van der Waals surface area contributed by atoms with Gasteiger partial charge < -0.3 is 0 Å². The van der Waals surface area contributed by atoms with Crippen molar-refractivity contribution >= 4 is 17.2 Å². The summed E-state index contributed by atoms with van der Waals surface area (Å²) in [6.45, 7) is 0. The molecule has 3 heterocycles. The molecule has 6 heteroatoms. The monoisotopic (exact) mass is 371 g/mol. The van der Waals surface area contributed by atoms with Crippen LogP contribution in [0.5, 0.6) is 0 Å². The van der Waals surface area contributed by atoms with Crippen LogP contribution in [0.15, 0.2) is 79.1 Å². The van der Waals surface area contributed by atoms with E-state index in [4.69, 9.17) is 11.6 Å². The summed E-state index contributed by atoms with van der Waals surface area (Å²) in [4.78, 5) is 0. The number of rotatable bonds is 3. The quantitative estimate of drug-likeness (QED) is 0.479. The molecule has 5 aromatic rings. The SMILES string of the molecule is Clc1cccc(-c2[nH]ncc2-c2ccc3nnc(-c4ccccc4)n3c2)c1. The molecular formula is C21H14ClN5. The summed E-state index contributed by atoms with van der Waals surface area (Å²) in [5.74, 6) is 0.806. The van der Waals surface area contributed by atoms with Crippen molar-refractivity contribution in [1.82, 2.24) is 24.8 Å². The van der Waals surface area contributed by atoms with Crippen LogP contribution < -0.4 is 0 Å². The zero-order chi connectivity index (χ0) is 18.2. The van der Waals surface area contributed by atoms with Gasteiger partial charge in [0.1, 0.15) is 0 Å². The Hall–Kier alpha value is -3.44. The number of fused-ring (bicyclic) bond motifs is 1. The van der Waals surface area contributed by atoms with Crippen LogP contribution in [0.25, 0.3) is 39.4 Å². The molecule has 130 valence electrons. The smallest absolute Gasteiger partial charge is 0.168 e. The lowest BCUT2D eigenvalue weighted by atomic mass is 10.0. The number of pyridine rings is 1. The normalized spacial score (nSPS) is 11.1. The van der Waals surface area contributed by atoms with Gasteiger partial charge in [0.2, 0.25) is 0 Å². The Morgan fingerprint density at radius 1 is 0.815 bits per heavy atom. The molecule has 0 aliphatic heterocycles. The molecule has 0 unspecified atom stereocenters. The highest BCUT2D eigenvalue weighted by Crippen LogP contribution is 2.32. The lowest BCUT2D eigenvalue weighted by Crippen LogP contribution is -1.91. The molecule has 0 bridgehead atoms. The molecule has 2 aromatic carbocycles. The maximum absolute atomic E-state index is 6.16. The third kappa shape index (κ3) is 2.78. The van der Waals surface area contributed by atoms with Gasteiger partial charge in [-0.15, -0.1) is 10.2 Å². The van der Waals surface area contributed by atoms with Crippen molar-refractivity contribution in [3.63, 3.8) is 0 Å². The maximum Gasteiger partial charge on any atom is 0.168 e. The predicted molar refractivity (Wildman–Crippen MR) is 106 cm³/mol. The van der Waals surface area contributed by atoms with E-state index in [1.807, 2.05) is 83.5 Å². The van der Waals surface area contributed by atoms with Gasteiger partial charge in [0.15, 0.2) is 11.5 Å². The Morgan fingerprint density at radius 3 is 2.52 bits per heavy atom. The highest BCUT2D eigenvalue weighted by atomic mass is 35.5. The van der Waals surface area contributed by atoms with E-state index in [-0.39, 0.29) is 0 Å². The largest absolute Gasteiger partial charge is 0.282 e. The van der Waals surface area contributed by atoms with Crippen molar-refractivity contribution in [3.05, 3.63) is 84.1 Å². The van der Waals surface area contributed by atoms with Gasteiger partial charge in [-0.25, -0.2) is 0 Å². The fourth-order valence-electron chi connectivity index (χ4n) is 3.20. The van der Waals surface area contributed by atoms with Crippen LogP contribution >= 0.6 is 11.6 Å². The predicted octanol–water partition coefficient (Wildman–Crippen LogP) is 5.11. The van der Waals surface area contributed by atoms with Crippen molar-refractivity contribution in [2.24, 2.45) is 0 Å². The molecule has 27 heavy (non-hydrogen) atoms. The molecular weight excluding hydrogens is 358 g/mol. The summed E-state index contributed by atoms with van der Waals surface area (Å²) >= 11 is 6.16. The summed E-state index contributed by atoms with van der Waals surface area (Å²) in [6.07, 6.45) is 3.86. The first-order valence-electron chi connectivity index (χ1n) is 8.49. The second-order valence-corrected chi connectivity index (χ2v) is 6.64. The van der Waals surface area contributed by atoms with Crippen molar-refractivity contribution in [1.29, 1.82) is 0 Å². The number of H-pyrrole nitrogens is 1. The topological polar surface area (TPSA) is 58.9 Å². The molecule has 0 saturated carbocycles. The van der Waals surface area contributed by atoms with Gasteiger partial charge in [0.25, 0.3) is 0 Å². The third-order valence-corrected chi connectivity index (χ3v) is 4.73. The van der Waals surface area contributed by atoms with Crippen molar-refractivity contribution in [3.8, 4) is 33.8 Å². The summed E-state index contributed by atoms with van der Waals surface area (Å²) in [5, 5.41) is 16.7. The number of aromatic amines is 1. The Bertz CT molecular complexity index is 1240. The molecule has 3 aromatic heterocycles. The minimum absolute atomic E-state index is 0.689. The van der Waals surface area contributed by atoms with Gasteiger partial charge >= 0.3 is 0 Å². The second kappa shape index (κ2) is 6.37. The third-order valence-electron chi connectivity index (χ3n) is 4.50. The molecule has 1 N–H and O–H groups in total. The van der Waals surface area contributed by atoms with Crippen LogP contribution in [0.3, 0.4) is 0 Å². The first kappa shape index (κ1) is 15.8. The summed E-state index contributed by atoms with van der Waals surface area (Å²) < 4.78 is 2.00. The van der Waals surface area contributed by atoms with Crippen LogP contribution in [0.2, 0.25) is 5.02 Å². The molecule has 0 saturated heterocycles. The van der Waals surface area contributed by atoms with E-state index in [2.05, 4.69) is 20.4 Å². The van der Waals surface area contributed by atoms with E-state index in [0.29, 0.717) is 5.02 Å². The van der Waals surface area contributed by atoms with Crippen LogP contribution in [0, 0.1) is 0 Å². The van der Waals surface area contributed by atoms with Gasteiger partial charge in [-0.2, -0.15) is 5.10 Å². The zero-order valence-electron chi connectivity index (χ0n) is 14.2. The Balaban J connectivity index is 1.66. The molecule has 0 aliphatic rings. The van der Waals surface area contributed by atoms with Crippen LogP contribution in [-0.2, 0) is 0 Å². The number of nitrogens with zero attached hydrogens (tertiary/aromatic N) is 4. The lowest BCUT2D eigenvalue weighted by Gasteiger charge is -2.06. The number of aromatic nitrogens is 5. The fourth-order valence-corrected chi connectivity index (χ4v) is 3.39. The van der Waals surface area contributed by atoms with Crippen LogP contribution in [0.1, 0.15) is 0 Å². The van der Waals surface area contributed by atoms with Gasteiger partial charge in [0.05, 0.1) is 11.9 Å². The maximum atomic E-state index is 6.16. The van der Waals surface area contributed by atoms with E-state index >= 15 is 0 Å². The van der Waals surface area contributed by atoms with E-state index in [1.54, 1.807) is 0 Å². The number of hydrogen-bond acceptors (Lipinski definition) is 3. The average molecular weight is 372 g/mol. The van der Waals surface area contributed by atoms with Crippen LogP contribution in [0.4, 0.5) is 0 Å². The van der Waals surface area contributed by atoms with E-state index < -0.39 is 0 Å². The van der Waals surface area contributed by atoms with Crippen molar-refractivity contribution in [2.75, 3.05) is 0 Å². The minimum Gasteiger partial charge on any atom is -0.282 e. The van der Waals surface area contributed by atoms with E-state index in [0.717, 1.165) is 39.4 Å². The molecule has 5 rings (SSSR count). The highest BCUT2D eigenvalue weighted by molar-refractivity contribution is 6.30. The molecule has 0 amide bonds. The number of nitrogens with one attached hydrogen (secondary N) is 1. The first-order chi connectivity index (χ1) is 13.3. The van der Waals surface area contributed by atoms with E-state index in [9.17, 15) is 0 Å². The van der Waals surface area contributed by atoms with Gasteiger partial charge in [-0.05, 0) is 24.3 Å². The van der Waals surface area contributed by atoms with Gasteiger partial charge in [0, 0.05) is 33.5 Å². The number of hydrogen-bond donors (Lipinski definition) is 1. The zero-order valence-corrected chi connectivity index (χ0v) is 14.9. The Kier molecular flexibility index (Phi) is 3.73. The standard InChI is InChI=1S/C21H14ClN5/c22-17-8-4-7-15(11-17)20-18(12-23-25-20)16-9-10-19-24-26-21(27(19)13-16)14-5-2-1-3-6-14/h1-13H,(H,23,25). The van der Waals surface area contributed by atoms with E-state index in [1.165, 1.54) is 0 Å². The molecule has 0 spiro atoms. The van der Waals surface area contributed by atoms with Gasteiger partial charge in [-0.1, -0.05) is 54.1 Å². The summed E-state index contributed by atoms with van der Waals surface area (Å²) in [6, 6.07) is 21.7. The molecule has 0 atom stereocenters. The highest BCUT2D eigenvalue weighted by Gasteiger charge is 2.13. The van der Waals surface area contributed by atoms with Crippen molar-refractivity contribution < 1.29 is 0 Å². The Morgan fingerprint density at radius 2 is 1.67 bits per heavy atom. The molecule has 5 nitrogen and oxygen atoms in total. The average Bonchev–Trinajstić information content (AvgIpc) is 3.35. The van der Waals surface area contributed by atoms with Gasteiger partial charge in [-0.3, -0.25) is 9.50 Å². The molecule has 0 radical (unpaired) electrons. The minimum atomic E-state index is 0.689. The fraction of sp³-hybridized carbons (Fsp3) is 0. The summed E-state index contributed by atoms with van der Waals surface area (Å²) in [7, 11) is 0. The second-order valence-electron chi connectivity index (χ2n) is 6.20. The lowest BCUT2D eigenvalue weighted by molar-refractivity contribution is 1.10. The van der Waals surface area contributed by atoms with Crippen molar-refractivity contribution in [2.45, 2.75) is 0 Å². The Labute approximate surface area is 160 Å².